The van der Waals surface area contributed by atoms with Gasteiger partial charge in [0.05, 0.1) is 5.69 Å². The van der Waals surface area contributed by atoms with Crippen LogP contribution < -0.4 is 5.56 Å². The third-order valence-electron chi connectivity index (χ3n) is 5.06. The molecule has 0 fully saturated rings. The van der Waals surface area contributed by atoms with Crippen LogP contribution in [0.15, 0.2) is 58.2 Å². The van der Waals surface area contributed by atoms with Gasteiger partial charge in [0, 0.05) is 35.7 Å². The van der Waals surface area contributed by atoms with Gasteiger partial charge in [-0.15, -0.1) is 11.8 Å². The van der Waals surface area contributed by atoms with E-state index in [1.807, 2.05) is 24.3 Å². The van der Waals surface area contributed by atoms with Gasteiger partial charge in [-0.05, 0) is 31.2 Å². The fourth-order valence-corrected chi connectivity index (χ4v) is 4.16. The van der Waals surface area contributed by atoms with Gasteiger partial charge in [-0.2, -0.15) is 0 Å². The number of nitrogens with one attached hydrogen (secondary N) is 1. The molecular formula is C22H23N3OS. The third-order valence-corrected chi connectivity index (χ3v) is 5.90. The molecule has 1 N–H and O–H groups in total. The smallest absolute Gasteiger partial charge is 0.254 e. The van der Waals surface area contributed by atoms with Crippen molar-refractivity contribution < 1.29 is 0 Å². The van der Waals surface area contributed by atoms with Gasteiger partial charge in [-0.25, -0.2) is 4.98 Å². The molecule has 5 heteroatoms. The lowest BCUT2D eigenvalue weighted by molar-refractivity contribution is 0.239. The van der Waals surface area contributed by atoms with E-state index >= 15 is 0 Å². The Morgan fingerprint density at radius 2 is 1.93 bits per heavy atom. The van der Waals surface area contributed by atoms with E-state index < -0.39 is 0 Å². The number of H-pyrrole nitrogens is 1. The van der Waals surface area contributed by atoms with Gasteiger partial charge >= 0.3 is 0 Å². The summed E-state index contributed by atoms with van der Waals surface area (Å²) in [5.41, 5.74) is 5.21. The number of nitrogens with zero attached hydrogens (tertiary/aromatic N) is 2. The van der Waals surface area contributed by atoms with Crippen molar-refractivity contribution in [2.75, 3.05) is 12.8 Å². The van der Waals surface area contributed by atoms with E-state index in [0.29, 0.717) is 12.4 Å². The van der Waals surface area contributed by atoms with Gasteiger partial charge in [-0.3, -0.25) is 9.69 Å². The number of thioether (sulfide) groups is 1. The van der Waals surface area contributed by atoms with Crippen molar-refractivity contribution in [1.82, 2.24) is 14.9 Å². The SMILES string of the molecule is CSc1ccccc1CN1CCc2c(nc(-c3ccc(C)cc3)[nH]c2=O)C1. The van der Waals surface area contributed by atoms with E-state index in [0.717, 1.165) is 36.3 Å². The van der Waals surface area contributed by atoms with Crippen molar-refractivity contribution in [3.05, 3.63) is 81.3 Å². The van der Waals surface area contributed by atoms with E-state index in [-0.39, 0.29) is 5.56 Å². The molecule has 0 aliphatic carbocycles. The Hall–Kier alpha value is -2.37. The molecule has 4 nitrogen and oxygen atoms in total. The number of hydrogen-bond donors (Lipinski definition) is 1. The molecule has 0 bridgehead atoms. The van der Waals surface area contributed by atoms with E-state index in [4.69, 9.17) is 4.98 Å². The number of rotatable bonds is 4. The summed E-state index contributed by atoms with van der Waals surface area (Å²) in [6.45, 7) is 4.52. The molecule has 1 aliphatic rings. The molecule has 0 radical (unpaired) electrons. The first-order chi connectivity index (χ1) is 13.1. The first-order valence-electron chi connectivity index (χ1n) is 9.17. The zero-order valence-corrected chi connectivity index (χ0v) is 16.5. The number of benzene rings is 2. The molecular weight excluding hydrogens is 354 g/mol. The first-order valence-corrected chi connectivity index (χ1v) is 10.4. The van der Waals surface area contributed by atoms with Crippen LogP contribution in [0.1, 0.15) is 22.4 Å². The van der Waals surface area contributed by atoms with Gasteiger partial charge in [0.2, 0.25) is 0 Å². The zero-order valence-electron chi connectivity index (χ0n) is 15.7. The van der Waals surface area contributed by atoms with Crippen LogP contribution >= 0.6 is 11.8 Å². The van der Waals surface area contributed by atoms with Gasteiger partial charge in [0.1, 0.15) is 5.82 Å². The van der Waals surface area contributed by atoms with Crippen molar-refractivity contribution in [3.8, 4) is 11.4 Å². The second-order valence-electron chi connectivity index (χ2n) is 6.98. The number of aromatic nitrogens is 2. The summed E-state index contributed by atoms with van der Waals surface area (Å²) < 4.78 is 0. The standard InChI is InChI=1S/C22H23N3OS/c1-15-7-9-16(10-8-15)21-23-19-14-25(12-11-18(19)22(26)24-21)13-17-5-3-4-6-20(17)27-2/h3-10H,11-14H2,1-2H3,(H,23,24,26). The molecule has 1 aromatic heterocycles. The van der Waals surface area contributed by atoms with Crippen LogP contribution in [0, 0.1) is 6.92 Å². The lowest BCUT2D eigenvalue weighted by atomic mass is 10.0. The summed E-state index contributed by atoms with van der Waals surface area (Å²) in [5.74, 6) is 0.658. The minimum Gasteiger partial charge on any atom is -0.306 e. The number of fused-ring (bicyclic) bond motifs is 1. The molecule has 0 saturated carbocycles. The maximum absolute atomic E-state index is 12.6. The van der Waals surface area contributed by atoms with Gasteiger partial charge in [-0.1, -0.05) is 48.0 Å². The molecule has 4 rings (SSSR count). The Kier molecular flexibility index (Phi) is 5.14. The Balaban J connectivity index is 1.61. The third kappa shape index (κ3) is 3.84. The summed E-state index contributed by atoms with van der Waals surface area (Å²) >= 11 is 1.78. The largest absolute Gasteiger partial charge is 0.306 e. The van der Waals surface area contributed by atoms with E-state index in [1.165, 1.54) is 16.0 Å². The summed E-state index contributed by atoms with van der Waals surface area (Å²) in [6, 6.07) is 16.6. The maximum Gasteiger partial charge on any atom is 0.254 e. The van der Waals surface area contributed by atoms with Crippen LogP contribution in [-0.4, -0.2) is 27.7 Å². The molecule has 3 aromatic rings. The Morgan fingerprint density at radius 3 is 2.70 bits per heavy atom. The topological polar surface area (TPSA) is 49.0 Å². The van der Waals surface area contributed by atoms with Gasteiger partial charge < -0.3 is 4.98 Å². The van der Waals surface area contributed by atoms with Crippen LogP contribution in [0.25, 0.3) is 11.4 Å². The number of hydrogen-bond acceptors (Lipinski definition) is 4. The molecule has 2 heterocycles. The minimum atomic E-state index is -0.000242. The molecule has 0 saturated heterocycles. The average Bonchev–Trinajstić information content (AvgIpc) is 2.68. The molecule has 0 atom stereocenters. The fraction of sp³-hybridized carbons (Fsp3) is 0.273. The second-order valence-corrected chi connectivity index (χ2v) is 7.83. The Morgan fingerprint density at radius 1 is 1.15 bits per heavy atom. The summed E-state index contributed by atoms with van der Waals surface area (Å²) in [4.78, 5) is 24.0. The van der Waals surface area contributed by atoms with Crippen LogP contribution in [-0.2, 0) is 19.5 Å². The predicted molar refractivity (Wildman–Crippen MR) is 111 cm³/mol. The van der Waals surface area contributed by atoms with Crippen molar-refractivity contribution in [1.29, 1.82) is 0 Å². The Bertz CT molecular complexity index is 1010. The normalized spacial score (nSPS) is 14.1. The van der Waals surface area contributed by atoms with Crippen molar-refractivity contribution in [2.24, 2.45) is 0 Å². The zero-order chi connectivity index (χ0) is 18.8. The molecule has 0 amide bonds. The molecule has 0 unspecified atom stereocenters. The van der Waals surface area contributed by atoms with E-state index in [1.54, 1.807) is 11.8 Å². The van der Waals surface area contributed by atoms with Gasteiger partial charge in [0.25, 0.3) is 5.56 Å². The molecule has 1 aliphatic heterocycles. The van der Waals surface area contributed by atoms with Crippen molar-refractivity contribution in [3.63, 3.8) is 0 Å². The van der Waals surface area contributed by atoms with Gasteiger partial charge in [0.15, 0.2) is 0 Å². The van der Waals surface area contributed by atoms with E-state index in [2.05, 4.69) is 47.3 Å². The monoisotopic (exact) mass is 377 g/mol. The summed E-state index contributed by atoms with van der Waals surface area (Å²) in [7, 11) is 0. The highest BCUT2D eigenvalue weighted by atomic mass is 32.2. The lowest BCUT2D eigenvalue weighted by Crippen LogP contribution is -2.35. The second kappa shape index (κ2) is 7.71. The number of aromatic amines is 1. The quantitative estimate of drug-likeness (QED) is 0.698. The molecule has 138 valence electrons. The highest BCUT2D eigenvalue weighted by molar-refractivity contribution is 7.98. The Labute approximate surface area is 163 Å². The average molecular weight is 378 g/mol. The molecule has 2 aromatic carbocycles. The van der Waals surface area contributed by atoms with Crippen molar-refractivity contribution >= 4 is 11.8 Å². The predicted octanol–water partition coefficient (Wildman–Crippen LogP) is 4.03. The number of aryl methyl sites for hydroxylation is 1. The molecule has 27 heavy (non-hydrogen) atoms. The van der Waals surface area contributed by atoms with Crippen LogP contribution in [0.4, 0.5) is 0 Å². The highest BCUT2D eigenvalue weighted by Crippen LogP contribution is 2.24. The van der Waals surface area contributed by atoms with Crippen LogP contribution in [0.5, 0.6) is 0 Å². The van der Waals surface area contributed by atoms with E-state index in [9.17, 15) is 4.79 Å². The fourth-order valence-electron chi connectivity index (χ4n) is 3.55. The highest BCUT2D eigenvalue weighted by Gasteiger charge is 2.22. The van der Waals surface area contributed by atoms with Crippen molar-refractivity contribution in [2.45, 2.75) is 31.3 Å². The summed E-state index contributed by atoms with van der Waals surface area (Å²) in [6.07, 6.45) is 2.85. The van der Waals surface area contributed by atoms with Crippen LogP contribution in [0.3, 0.4) is 0 Å². The van der Waals surface area contributed by atoms with Crippen LogP contribution in [0.2, 0.25) is 0 Å². The maximum atomic E-state index is 12.6. The lowest BCUT2D eigenvalue weighted by Gasteiger charge is -2.28. The minimum absolute atomic E-state index is 0.000242. The summed E-state index contributed by atoms with van der Waals surface area (Å²) in [5, 5.41) is 0. The first kappa shape index (κ1) is 18.0. The molecule has 0 spiro atoms.